The molecule has 0 aliphatic carbocycles. The number of methoxy groups -OCH3 is 2. The number of rotatable bonds is 6. The third-order valence-electron chi connectivity index (χ3n) is 4.81. The molecule has 150 valence electrons. The van der Waals surface area contributed by atoms with Crippen LogP contribution in [0.2, 0.25) is 0 Å². The van der Waals surface area contributed by atoms with Gasteiger partial charge in [-0.15, -0.1) is 0 Å². The highest BCUT2D eigenvalue weighted by Gasteiger charge is 2.41. The Kier molecular flexibility index (Phi) is 5.22. The number of benzene rings is 3. The average Bonchev–Trinajstić information content (AvgIpc) is 3.03. The molecule has 0 bridgehead atoms. The lowest BCUT2D eigenvalue weighted by atomic mass is 10.0. The molecule has 0 spiro atoms. The molecule has 1 aliphatic heterocycles. The summed E-state index contributed by atoms with van der Waals surface area (Å²) in [6.45, 7) is 0. The van der Waals surface area contributed by atoms with Gasteiger partial charge in [0.1, 0.15) is 17.2 Å². The molecule has 3 aromatic rings. The van der Waals surface area contributed by atoms with Gasteiger partial charge in [-0.1, -0.05) is 42.5 Å². The van der Waals surface area contributed by atoms with Crippen LogP contribution in [0.25, 0.3) is 5.57 Å². The van der Waals surface area contributed by atoms with E-state index in [2.05, 4.69) is 5.32 Å². The number of anilines is 2. The first-order chi connectivity index (χ1) is 14.6. The molecule has 0 radical (unpaired) electrons. The maximum absolute atomic E-state index is 13.5. The Hall–Kier alpha value is -4.06. The van der Waals surface area contributed by atoms with Gasteiger partial charge in [-0.2, -0.15) is 0 Å². The number of amides is 2. The Morgan fingerprint density at radius 2 is 1.50 bits per heavy atom. The van der Waals surface area contributed by atoms with Crippen LogP contribution in [0.3, 0.4) is 0 Å². The summed E-state index contributed by atoms with van der Waals surface area (Å²) in [4.78, 5) is 28.1. The molecule has 6 heteroatoms. The van der Waals surface area contributed by atoms with E-state index in [1.54, 1.807) is 42.5 Å². The smallest absolute Gasteiger partial charge is 0.282 e. The van der Waals surface area contributed by atoms with Crippen molar-refractivity contribution in [3.05, 3.63) is 90.1 Å². The highest BCUT2D eigenvalue weighted by Crippen LogP contribution is 2.37. The summed E-state index contributed by atoms with van der Waals surface area (Å²) in [6.07, 6.45) is 0. The molecule has 1 heterocycles. The zero-order valence-corrected chi connectivity index (χ0v) is 16.6. The predicted molar refractivity (Wildman–Crippen MR) is 115 cm³/mol. The minimum absolute atomic E-state index is 0.193. The molecule has 3 aromatic carbocycles. The lowest BCUT2D eigenvalue weighted by Crippen LogP contribution is -2.32. The van der Waals surface area contributed by atoms with Gasteiger partial charge in [0.2, 0.25) is 0 Å². The normalized spacial score (nSPS) is 13.6. The Morgan fingerprint density at radius 3 is 2.23 bits per heavy atom. The van der Waals surface area contributed by atoms with E-state index in [1.807, 2.05) is 36.4 Å². The molecule has 4 rings (SSSR count). The summed E-state index contributed by atoms with van der Waals surface area (Å²) in [5.74, 6) is 0.180. The standard InChI is InChI=1S/C24H20N2O4/c1-29-18-12-8-11-17(15-18)26-23(27)21(19-13-6-7-14-20(19)30-2)22(24(26)28)25-16-9-4-3-5-10-16/h3-15,25H,1-2H3. The first-order valence-corrected chi connectivity index (χ1v) is 9.36. The highest BCUT2D eigenvalue weighted by atomic mass is 16.5. The molecular weight excluding hydrogens is 380 g/mol. The number of carbonyl (C=O) groups excluding carboxylic acids is 2. The fraction of sp³-hybridized carbons (Fsp3) is 0.0833. The van der Waals surface area contributed by atoms with E-state index in [0.717, 1.165) is 4.90 Å². The number of nitrogens with one attached hydrogen (secondary N) is 1. The molecule has 0 fully saturated rings. The van der Waals surface area contributed by atoms with Crippen LogP contribution in [-0.2, 0) is 9.59 Å². The molecule has 1 N–H and O–H groups in total. The van der Waals surface area contributed by atoms with Crippen molar-refractivity contribution < 1.29 is 19.1 Å². The van der Waals surface area contributed by atoms with Crippen molar-refractivity contribution in [1.82, 2.24) is 0 Å². The first-order valence-electron chi connectivity index (χ1n) is 9.36. The van der Waals surface area contributed by atoms with Gasteiger partial charge in [-0.3, -0.25) is 9.59 Å². The molecule has 0 saturated carbocycles. The molecule has 6 nitrogen and oxygen atoms in total. The van der Waals surface area contributed by atoms with Crippen molar-refractivity contribution in [2.24, 2.45) is 0 Å². The third-order valence-corrected chi connectivity index (χ3v) is 4.81. The topological polar surface area (TPSA) is 67.9 Å². The van der Waals surface area contributed by atoms with E-state index in [1.165, 1.54) is 14.2 Å². The van der Waals surface area contributed by atoms with E-state index >= 15 is 0 Å². The Morgan fingerprint density at radius 1 is 0.767 bits per heavy atom. The van der Waals surface area contributed by atoms with E-state index < -0.39 is 11.8 Å². The Bertz CT molecular complexity index is 1140. The molecule has 2 amide bonds. The van der Waals surface area contributed by atoms with Crippen molar-refractivity contribution in [2.75, 3.05) is 24.4 Å². The minimum atomic E-state index is -0.446. The summed E-state index contributed by atoms with van der Waals surface area (Å²) in [6, 6.07) is 23.2. The summed E-state index contributed by atoms with van der Waals surface area (Å²) in [5, 5.41) is 3.13. The van der Waals surface area contributed by atoms with Crippen LogP contribution in [0.15, 0.2) is 84.6 Å². The third kappa shape index (κ3) is 3.39. The second-order valence-corrected chi connectivity index (χ2v) is 6.59. The lowest BCUT2D eigenvalue weighted by molar-refractivity contribution is -0.120. The number of hydrogen-bond acceptors (Lipinski definition) is 5. The minimum Gasteiger partial charge on any atom is -0.497 e. The fourth-order valence-electron chi connectivity index (χ4n) is 3.40. The largest absolute Gasteiger partial charge is 0.497 e. The van der Waals surface area contributed by atoms with Crippen LogP contribution in [0.5, 0.6) is 11.5 Å². The zero-order chi connectivity index (χ0) is 21.1. The van der Waals surface area contributed by atoms with E-state index in [9.17, 15) is 9.59 Å². The molecule has 0 saturated heterocycles. The predicted octanol–water partition coefficient (Wildman–Crippen LogP) is 4.10. The van der Waals surface area contributed by atoms with Crippen LogP contribution < -0.4 is 19.7 Å². The first kappa shape index (κ1) is 19.3. The van der Waals surface area contributed by atoms with Crippen molar-refractivity contribution >= 4 is 28.8 Å². The number of para-hydroxylation sites is 2. The molecule has 30 heavy (non-hydrogen) atoms. The summed E-state index contributed by atoms with van der Waals surface area (Å²) >= 11 is 0. The van der Waals surface area contributed by atoms with Crippen molar-refractivity contribution in [3.63, 3.8) is 0 Å². The van der Waals surface area contributed by atoms with Crippen molar-refractivity contribution in [3.8, 4) is 11.5 Å². The monoisotopic (exact) mass is 400 g/mol. The molecular formula is C24H20N2O4. The molecule has 0 unspecified atom stereocenters. The van der Waals surface area contributed by atoms with Gasteiger partial charge < -0.3 is 14.8 Å². The van der Waals surface area contributed by atoms with Crippen molar-refractivity contribution in [1.29, 1.82) is 0 Å². The van der Waals surface area contributed by atoms with Crippen LogP contribution in [0, 0.1) is 0 Å². The summed E-state index contributed by atoms with van der Waals surface area (Å²) < 4.78 is 10.7. The highest BCUT2D eigenvalue weighted by molar-refractivity contribution is 6.46. The van der Waals surface area contributed by atoms with Crippen LogP contribution in [-0.4, -0.2) is 26.0 Å². The maximum Gasteiger partial charge on any atom is 0.282 e. The quantitative estimate of drug-likeness (QED) is 0.631. The maximum atomic E-state index is 13.5. The van der Waals surface area contributed by atoms with Gasteiger partial charge in [0, 0.05) is 17.3 Å². The van der Waals surface area contributed by atoms with E-state index in [-0.39, 0.29) is 11.3 Å². The van der Waals surface area contributed by atoms with Gasteiger partial charge in [0.25, 0.3) is 11.8 Å². The Labute approximate surface area is 174 Å². The molecule has 1 aliphatic rings. The second kappa shape index (κ2) is 8.13. The van der Waals surface area contributed by atoms with Gasteiger partial charge in [0.15, 0.2) is 0 Å². The lowest BCUT2D eigenvalue weighted by Gasteiger charge is -2.16. The van der Waals surface area contributed by atoms with E-state index in [0.29, 0.717) is 28.4 Å². The summed E-state index contributed by atoms with van der Waals surface area (Å²) in [7, 11) is 3.07. The van der Waals surface area contributed by atoms with Gasteiger partial charge >= 0.3 is 0 Å². The number of hydrogen-bond donors (Lipinski definition) is 1. The van der Waals surface area contributed by atoms with Gasteiger partial charge in [0.05, 0.1) is 25.5 Å². The van der Waals surface area contributed by atoms with Gasteiger partial charge in [-0.25, -0.2) is 4.90 Å². The number of imide groups is 1. The molecule has 0 atom stereocenters. The van der Waals surface area contributed by atoms with Gasteiger partial charge in [-0.05, 0) is 30.3 Å². The van der Waals surface area contributed by atoms with Crippen molar-refractivity contribution in [2.45, 2.75) is 0 Å². The number of carbonyl (C=O) groups is 2. The van der Waals surface area contributed by atoms with Crippen LogP contribution in [0.4, 0.5) is 11.4 Å². The SMILES string of the molecule is COc1cccc(N2C(=O)C(Nc3ccccc3)=C(c3ccccc3OC)C2=O)c1. The summed E-state index contributed by atoms with van der Waals surface area (Å²) in [5.41, 5.74) is 2.12. The van der Waals surface area contributed by atoms with Crippen LogP contribution in [0.1, 0.15) is 5.56 Å². The fourth-order valence-corrected chi connectivity index (χ4v) is 3.40. The van der Waals surface area contributed by atoms with E-state index in [4.69, 9.17) is 9.47 Å². The molecule has 0 aromatic heterocycles. The number of nitrogens with zero attached hydrogens (tertiary/aromatic N) is 1. The second-order valence-electron chi connectivity index (χ2n) is 6.59. The average molecular weight is 400 g/mol. The number of ether oxygens (including phenoxy) is 2. The Balaban J connectivity index is 1.86. The van der Waals surface area contributed by atoms with Crippen LogP contribution >= 0.6 is 0 Å². The zero-order valence-electron chi connectivity index (χ0n) is 16.6.